The van der Waals surface area contributed by atoms with Gasteiger partial charge in [-0.3, -0.25) is 4.79 Å². The van der Waals surface area contributed by atoms with Gasteiger partial charge in [-0.25, -0.2) is 0 Å². The van der Waals surface area contributed by atoms with Crippen molar-refractivity contribution in [2.45, 2.75) is 13.3 Å². The van der Waals surface area contributed by atoms with Crippen LogP contribution >= 0.6 is 0 Å². The molecule has 94 valence electrons. The maximum absolute atomic E-state index is 11.6. The van der Waals surface area contributed by atoms with E-state index in [9.17, 15) is 4.79 Å². The summed E-state index contributed by atoms with van der Waals surface area (Å²) in [4.78, 5) is 11.6. The number of carbonyl (C=O) groups excluding carboxylic acids is 1. The Bertz CT molecular complexity index is 493. The van der Waals surface area contributed by atoms with Gasteiger partial charge in [0.2, 0.25) is 0 Å². The lowest BCUT2D eigenvalue weighted by Gasteiger charge is -2.04. The topological polar surface area (TPSA) is 80.0 Å². The van der Waals surface area contributed by atoms with Crippen LogP contribution in [0.5, 0.6) is 0 Å². The predicted molar refractivity (Wildman–Crippen MR) is 67.5 cm³/mol. The van der Waals surface area contributed by atoms with Gasteiger partial charge in [0.25, 0.3) is 5.91 Å². The second-order valence-electron chi connectivity index (χ2n) is 3.66. The fourth-order valence-corrected chi connectivity index (χ4v) is 1.33. The summed E-state index contributed by atoms with van der Waals surface area (Å²) >= 11 is 0. The first-order valence-corrected chi connectivity index (χ1v) is 5.72. The molecule has 1 amide bonds. The molecule has 2 N–H and O–H groups in total. The van der Waals surface area contributed by atoms with Crippen LogP contribution in [-0.2, 0) is 0 Å². The Morgan fingerprint density at radius 2 is 2.06 bits per heavy atom. The van der Waals surface area contributed by atoms with Crippen molar-refractivity contribution in [3.8, 4) is 0 Å². The predicted octanol–water partition coefficient (Wildman–Crippen LogP) is 2.14. The fraction of sp³-hybridized carbons (Fsp3) is 0.250. The Morgan fingerprint density at radius 1 is 1.28 bits per heavy atom. The second kappa shape index (κ2) is 5.81. The minimum Gasteiger partial charge on any atom is -0.459 e. The van der Waals surface area contributed by atoms with Crippen molar-refractivity contribution in [1.29, 1.82) is 0 Å². The van der Waals surface area contributed by atoms with Crippen LogP contribution in [0.15, 0.2) is 34.9 Å². The summed E-state index contributed by atoms with van der Waals surface area (Å²) in [5.41, 5.74) is 0. The van der Waals surface area contributed by atoms with Gasteiger partial charge in [0.1, 0.15) is 5.82 Å². The molecule has 0 atom stereocenters. The zero-order valence-electron chi connectivity index (χ0n) is 10.0. The lowest BCUT2D eigenvalue weighted by atomic mass is 10.4. The van der Waals surface area contributed by atoms with Gasteiger partial charge in [-0.2, -0.15) is 0 Å². The Morgan fingerprint density at radius 3 is 2.67 bits per heavy atom. The molecule has 0 unspecified atom stereocenters. The van der Waals surface area contributed by atoms with Crippen LogP contribution in [0.3, 0.4) is 0 Å². The third kappa shape index (κ3) is 3.07. The molecule has 0 aliphatic rings. The van der Waals surface area contributed by atoms with Gasteiger partial charge in [0.15, 0.2) is 11.6 Å². The maximum Gasteiger partial charge on any atom is 0.292 e. The highest BCUT2D eigenvalue weighted by Gasteiger charge is 2.09. The summed E-state index contributed by atoms with van der Waals surface area (Å²) < 4.78 is 4.97. The van der Waals surface area contributed by atoms with Crippen molar-refractivity contribution < 1.29 is 9.21 Å². The van der Waals surface area contributed by atoms with Gasteiger partial charge in [-0.15, -0.1) is 10.2 Å². The van der Waals surface area contributed by atoms with Crippen LogP contribution in [-0.4, -0.2) is 22.6 Å². The van der Waals surface area contributed by atoms with E-state index in [2.05, 4.69) is 27.8 Å². The van der Waals surface area contributed by atoms with E-state index in [1.54, 1.807) is 24.3 Å². The minimum absolute atomic E-state index is 0.241. The quantitative estimate of drug-likeness (QED) is 0.844. The standard InChI is InChI=1S/C12H14N4O2/c1-2-7-13-10-5-6-11(16-15-10)14-12(17)9-4-3-8-18-9/h3-6,8H,2,7H2,1H3,(H,13,15)(H,14,16,17). The van der Waals surface area contributed by atoms with Gasteiger partial charge in [-0.05, 0) is 30.7 Å². The third-order valence-electron chi connectivity index (χ3n) is 2.21. The summed E-state index contributed by atoms with van der Waals surface area (Å²) in [5, 5.41) is 13.5. The first-order chi connectivity index (χ1) is 8.79. The number of hydrogen-bond acceptors (Lipinski definition) is 5. The number of nitrogens with zero attached hydrogens (tertiary/aromatic N) is 2. The average molecular weight is 246 g/mol. The first kappa shape index (κ1) is 12.1. The van der Waals surface area contributed by atoms with Crippen LogP contribution in [0.4, 0.5) is 11.6 Å². The van der Waals surface area contributed by atoms with Crippen molar-refractivity contribution in [3.05, 3.63) is 36.3 Å². The summed E-state index contributed by atoms with van der Waals surface area (Å²) in [6.07, 6.45) is 2.46. The number of hydrogen-bond donors (Lipinski definition) is 2. The summed E-state index contributed by atoms with van der Waals surface area (Å²) in [6.45, 7) is 2.91. The van der Waals surface area contributed by atoms with Gasteiger partial charge in [0, 0.05) is 6.54 Å². The van der Waals surface area contributed by atoms with E-state index >= 15 is 0 Å². The molecular weight excluding hydrogens is 232 g/mol. The number of aromatic nitrogens is 2. The zero-order chi connectivity index (χ0) is 12.8. The molecule has 2 aromatic heterocycles. The van der Waals surface area contributed by atoms with Gasteiger partial charge < -0.3 is 15.1 Å². The van der Waals surface area contributed by atoms with Crippen LogP contribution in [0.2, 0.25) is 0 Å². The van der Waals surface area contributed by atoms with E-state index in [0.29, 0.717) is 11.6 Å². The molecule has 6 nitrogen and oxygen atoms in total. The molecule has 0 radical (unpaired) electrons. The molecule has 18 heavy (non-hydrogen) atoms. The highest BCUT2D eigenvalue weighted by molar-refractivity contribution is 6.01. The molecule has 0 saturated carbocycles. The molecule has 0 bridgehead atoms. The number of amides is 1. The lowest BCUT2D eigenvalue weighted by molar-refractivity contribution is 0.0996. The van der Waals surface area contributed by atoms with Gasteiger partial charge >= 0.3 is 0 Å². The molecule has 0 saturated heterocycles. The van der Waals surface area contributed by atoms with E-state index in [-0.39, 0.29) is 11.7 Å². The number of anilines is 2. The molecule has 2 heterocycles. The SMILES string of the molecule is CCCNc1ccc(NC(=O)c2ccco2)nn1. The van der Waals surface area contributed by atoms with E-state index in [0.717, 1.165) is 13.0 Å². The summed E-state index contributed by atoms with van der Waals surface area (Å²) in [7, 11) is 0. The Hall–Kier alpha value is -2.37. The van der Waals surface area contributed by atoms with Crippen molar-refractivity contribution in [2.75, 3.05) is 17.2 Å². The molecular formula is C12H14N4O2. The monoisotopic (exact) mass is 246 g/mol. The van der Waals surface area contributed by atoms with E-state index < -0.39 is 0 Å². The molecule has 0 aliphatic heterocycles. The number of rotatable bonds is 5. The Kier molecular flexibility index (Phi) is 3.90. The van der Waals surface area contributed by atoms with Crippen molar-refractivity contribution >= 4 is 17.5 Å². The smallest absolute Gasteiger partial charge is 0.292 e. The largest absolute Gasteiger partial charge is 0.459 e. The first-order valence-electron chi connectivity index (χ1n) is 5.72. The van der Waals surface area contributed by atoms with E-state index in [1.165, 1.54) is 6.26 Å². The Labute approximate surface area is 104 Å². The van der Waals surface area contributed by atoms with Crippen LogP contribution in [0, 0.1) is 0 Å². The zero-order valence-corrected chi connectivity index (χ0v) is 10.0. The minimum atomic E-state index is -0.344. The molecule has 2 rings (SSSR count). The van der Waals surface area contributed by atoms with E-state index in [1.807, 2.05) is 0 Å². The third-order valence-corrected chi connectivity index (χ3v) is 2.21. The highest BCUT2D eigenvalue weighted by atomic mass is 16.3. The maximum atomic E-state index is 11.6. The van der Waals surface area contributed by atoms with Crippen molar-refractivity contribution in [1.82, 2.24) is 10.2 Å². The number of furan rings is 1. The van der Waals surface area contributed by atoms with Crippen LogP contribution in [0.1, 0.15) is 23.9 Å². The summed E-state index contributed by atoms with van der Waals surface area (Å²) in [6, 6.07) is 6.69. The number of carbonyl (C=O) groups is 1. The van der Waals surface area contributed by atoms with Crippen LogP contribution < -0.4 is 10.6 Å². The molecule has 0 aromatic carbocycles. The molecule has 0 fully saturated rings. The van der Waals surface area contributed by atoms with Crippen molar-refractivity contribution in [3.63, 3.8) is 0 Å². The molecule has 2 aromatic rings. The molecule has 0 aliphatic carbocycles. The number of nitrogens with one attached hydrogen (secondary N) is 2. The van der Waals surface area contributed by atoms with Gasteiger partial charge in [-0.1, -0.05) is 6.92 Å². The molecule has 0 spiro atoms. The molecule has 6 heteroatoms. The lowest BCUT2D eigenvalue weighted by Crippen LogP contribution is -2.13. The fourth-order valence-electron chi connectivity index (χ4n) is 1.33. The normalized spacial score (nSPS) is 10.1. The Balaban J connectivity index is 1.96. The van der Waals surface area contributed by atoms with Gasteiger partial charge in [0.05, 0.1) is 6.26 Å². The van der Waals surface area contributed by atoms with Crippen molar-refractivity contribution in [2.24, 2.45) is 0 Å². The van der Waals surface area contributed by atoms with Crippen LogP contribution in [0.25, 0.3) is 0 Å². The second-order valence-corrected chi connectivity index (χ2v) is 3.66. The van der Waals surface area contributed by atoms with E-state index in [4.69, 9.17) is 4.42 Å². The average Bonchev–Trinajstić information content (AvgIpc) is 2.92. The summed E-state index contributed by atoms with van der Waals surface area (Å²) in [5.74, 6) is 0.972. The highest BCUT2D eigenvalue weighted by Crippen LogP contribution is 2.08.